The van der Waals surface area contributed by atoms with E-state index in [0.717, 1.165) is 15.4 Å². The lowest BCUT2D eigenvalue weighted by Crippen LogP contribution is -2.52. The van der Waals surface area contributed by atoms with Crippen LogP contribution in [0, 0.1) is 19.8 Å². The van der Waals surface area contributed by atoms with E-state index in [1.165, 1.54) is 17.0 Å². The topological polar surface area (TPSA) is 86.8 Å². The van der Waals surface area contributed by atoms with E-state index in [-0.39, 0.29) is 23.3 Å². The second kappa shape index (κ2) is 13.8. The van der Waals surface area contributed by atoms with E-state index in [1.54, 1.807) is 48.5 Å². The van der Waals surface area contributed by atoms with E-state index in [0.29, 0.717) is 29.2 Å². The van der Waals surface area contributed by atoms with Crippen molar-refractivity contribution in [3.8, 4) is 0 Å². The monoisotopic (exact) mass is 583 g/mol. The van der Waals surface area contributed by atoms with Gasteiger partial charge in [0.1, 0.15) is 12.6 Å². The first-order valence-electron chi connectivity index (χ1n) is 13.4. The molecule has 0 saturated heterocycles. The van der Waals surface area contributed by atoms with Gasteiger partial charge in [-0.25, -0.2) is 8.42 Å². The van der Waals surface area contributed by atoms with Gasteiger partial charge >= 0.3 is 0 Å². The minimum atomic E-state index is -4.11. The van der Waals surface area contributed by atoms with Crippen molar-refractivity contribution in [2.24, 2.45) is 5.92 Å². The molecule has 9 heteroatoms. The Kier molecular flexibility index (Phi) is 10.8. The Hall–Kier alpha value is -3.36. The molecule has 0 aliphatic rings. The van der Waals surface area contributed by atoms with Crippen molar-refractivity contribution in [2.75, 3.05) is 17.4 Å². The van der Waals surface area contributed by atoms with Gasteiger partial charge in [-0.2, -0.15) is 0 Å². The van der Waals surface area contributed by atoms with Crippen molar-refractivity contribution >= 4 is 39.1 Å². The summed E-state index contributed by atoms with van der Waals surface area (Å²) in [4.78, 5) is 28.9. The van der Waals surface area contributed by atoms with Gasteiger partial charge in [-0.05, 0) is 73.2 Å². The number of benzene rings is 3. The summed E-state index contributed by atoms with van der Waals surface area (Å²) in [6, 6.07) is 19.6. The average molecular weight is 584 g/mol. The van der Waals surface area contributed by atoms with E-state index in [9.17, 15) is 18.0 Å². The van der Waals surface area contributed by atoms with Gasteiger partial charge in [0.2, 0.25) is 11.8 Å². The van der Waals surface area contributed by atoms with Crippen LogP contribution in [0.25, 0.3) is 0 Å². The van der Waals surface area contributed by atoms with Crippen LogP contribution in [0.5, 0.6) is 0 Å². The molecule has 0 fully saturated rings. The van der Waals surface area contributed by atoms with Crippen molar-refractivity contribution in [3.05, 3.63) is 94.5 Å². The highest BCUT2D eigenvalue weighted by molar-refractivity contribution is 7.92. The van der Waals surface area contributed by atoms with Crippen molar-refractivity contribution in [3.63, 3.8) is 0 Å². The summed E-state index contributed by atoms with van der Waals surface area (Å²) in [7, 11) is -4.11. The Labute approximate surface area is 243 Å². The normalized spacial score (nSPS) is 12.2. The van der Waals surface area contributed by atoms with Crippen LogP contribution in [0.4, 0.5) is 5.69 Å². The van der Waals surface area contributed by atoms with Crippen LogP contribution in [0.1, 0.15) is 43.9 Å². The fourth-order valence-corrected chi connectivity index (χ4v) is 5.90. The number of sulfonamides is 1. The van der Waals surface area contributed by atoms with E-state index < -0.39 is 28.5 Å². The van der Waals surface area contributed by atoms with E-state index in [2.05, 4.69) is 5.32 Å². The Morgan fingerprint density at radius 3 is 2.17 bits per heavy atom. The lowest BCUT2D eigenvalue weighted by molar-refractivity contribution is -0.140. The zero-order valence-corrected chi connectivity index (χ0v) is 25.3. The fraction of sp³-hybridized carbons (Fsp3) is 0.355. The lowest BCUT2D eigenvalue weighted by Gasteiger charge is -2.33. The highest BCUT2D eigenvalue weighted by Crippen LogP contribution is 2.27. The SMILES string of the molecule is CCC(C(=O)NCC(C)C)N(Cc1ccccc1Cl)C(=O)CN(c1ccc(C)c(C)c1)S(=O)(=O)c1ccccc1. The molecule has 7 nitrogen and oxygen atoms in total. The first-order chi connectivity index (χ1) is 18.9. The predicted molar refractivity (Wildman–Crippen MR) is 161 cm³/mol. The number of hydrogen-bond acceptors (Lipinski definition) is 4. The molecule has 0 aromatic heterocycles. The zero-order valence-electron chi connectivity index (χ0n) is 23.7. The van der Waals surface area contributed by atoms with Crippen LogP contribution in [-0.4, -0.2) is 44.3 Å². The van der Waals surface area contributed by atoms with E-state index in [1.807, 2.05) is 46.8 Å². The van der Waals surface area contributed by atoms with E-state index in [4.69, 9.17) is 11.6 Å². The molecule has 0 heterocycles. The van der Waals surface area contributed by atoms with Gasteiger partial charge in [0.25, 0.3) is 10.0 Å². The molecular formula is C31H38ClN3O4S. The summed E-state index contributed by atoms with van der Waals surface area (Å²) < 4.78 is 28.9. The number of aryl methyl sites for hydroxylation is 2. The summed E-state index contributed by atoms with van der Waals surface area (Å²) in [6.45, 7) is 9.66. The third-order valence-electron chi connectivity index (χ3n) is 6.76. The van der Waals surface area contributed by atoms with Gasteiger partial charge in [-0.15, -0.1) is 0 Å². The lowest BCUT2D eigenvalue weighted by atomic mass is 10.1. The smallest absolute Gasteiger partial charge is 0.264 e. The average Bonchev–Trinajstić information content (AvgIpc) is 2.93. The van der Waals surface area contributed by atoms with Gasteiger partial charge in [-0.3, -0.25) is 13.9 Å². The zero-order chi connectivity index (χ0) is 29.4. The second-order valence-electron chi connectivity index (χ2n) is 10.3. The van der Waals surface area contributed by atoms with Crippen LogP contribution >= 0.6 is 11.6 Å². The maximum atomic E-state index is 14.1. The molecule has 2 amide bonds. The van der Waals surface area contributed by atoms with Crippen molar-refractivity contribution < 1.29 is 18.0 Å². The molecular weight excluding hydrogens is 546 g/mol. The molecule has 3 rings (SSSR count). The summed E-state index contributed by atoms with van der Waals surface area (Å²) in [6.07, 6.45) is 0.342. The molecule has 0 aliphatic carbocycles. The Morgan fingerprint density at radius 1 is 0.925 bits per heavy atom. The quantitative estimate of drug-likeness (QED) is 0.295. The largest absolute Gasteiger partial charge is 0.354 e. The van der Waals surface area contributed by atoms with Crippen LogP contribution in [0.2, 0.25) is 5.02 Å². The summed E-state index contributed by atoms with van der Waals surface area (Å²) in [5.74, 6) is -0.574. The number of nitrogens with zero attached hydrogens (tertiary/aromatic N) is 2. The number of carbonyl (C=O) groups is 2. The highest BCUT2D eigenvalue weighted by atomic mass is 35.5. The van der Waals surface area contributed by atoms with Gasteiger partial charge in [0.05, 0.1) is 10.6 Å². The Bertz CT molecular complexity index is 1430. The molecule has 214 valence electrons. The molecule has 0 aliphatic heterocycles. The minimum Gasteiger partial charge on any atom is -0.354 e. The standard InChI is InChI=1S/C31H38ClN3O4S/c1-6-29(31(37)33-19-22(2)3)34(20-25-12-10-11-15-28(25)32)30(36)21-35(26-17-16-23(4)24(5)18-26)40(38,39)27-13-8-7-9-14-27/h7-18,22,29H,6,19-21H2,1-5H3,(H,33,37). The maximum Gasteiger partial charge on any atom is 0.264 e. The first kappa shape index (κ1) is 31.2. The number of amides is 2. The van der Waals surface area contributed by atoms with Crippen LogP contribution < -0.4 is 9.62 Å². The second-order valence-corrected chi connectivity index (χ2v) is 12.5. The number of rotatable bonds is 12. The summed E-state index contributed by atoms with van der Waals surface area (Å²) in [5.41, 5.74) is 2.93. The van der Waals surface area contributed by atoms with Gasteiger partial charge in [0, 0.05) is 18.1 Å². The molecule has 0 bridgehead atoms. The molecule has 3 aromatic carbocycles. The van der Waals surface area contributed by atoms with Crippen LogP contribution in [0.15, 0.2) is 77.7 Å². The molecule has 1 N–H and O–H groups in total. The van der Waals surface area contributed by atoms with Crippen LogP contribution in [0.3, 0.4) is 0 Å². The van der Waals surface area contributed by atoms with Crippen LogP contribution in [-0.2, 0) is 26.2 Å². The van der Waals surface area contributed by atoms with Gasteiger partial charge in [0.15, 0.2) is 0 Å². The molecule has 1 atom stereocenters. The number of hydrogen-bond donors (Lipinski definition) is 1. The highest BCUT2D eigenvalue weighted by Gasteiger charge is 2.34. The third-order valence-corrected chi connectivity index (χ3v) is 8.91. The molecule has 0 spiro atoms. The fourth-order valence-electron chi connectivity index (χ4n) is 4.28. The summed E-state index contributed by atoms with van der Waals surface area (Å²) >= 11 is 6.44. The maximum absolute atomic E-state index is 14.1. The Morgan fingerprint density at radius 2 is 1.57 bits per heavy atom. The van der Waals surface area contributed by atoms with Gasteiger partial charge < -0.3 is 10.2 Å². The van der Waals surface area contributed by atoms with Gasteiger partial charge in [-0.1, -0.05) is 74.8 Å². The number of anilines is 1. The number of halogens is 1. The molecule has 3 aromatic rings. The third kappa shape index (κ3) is 7.64. The summed E-state index contributed by atoms with van der Waals surface area (Å²) in [5, 5.41) is 3.38. The first-order valence-corrected chi connectivity index (χ1v) is 15.2. The minimum absolute atomic E-state index is 0.0538. The molecule has 0 radical (unpaired) electrons. The Balaban J connectivity index is 2.07. The van der Waals surface area contributed by atoms with Crippen molar-refractivity contribution in [2.45, 2.75) is 58.5 Å². The number of carbonyl (C=O) groups excluding carboxylic acids is 2. The molecule has 0 saturated carbocycles. The van der Waals surface area contributed by atoms with Crippen molar-refractivity contribution in [1.29, 1.82) is 0 Å². The van der Waals surface area contributed by atoms with E-state index >= 15 is 0 Å². The molecule has 1 unspecified atom stereocenters. The van der Waals surface area contributed by atoms with Crippen molar-refractivity contribution in [1.82, 2.24) is 10.2 Å². The number of nitrogens with one attached hydrogen (secondary N) is 1. The predicted octanol–water partition coefficient (Wildman–Crippen LogP) is 5.73. The molecule has 40 heavy (non-hydrogen) atoms.